The van der Waals surface area contributed by atoms with E-state index >= 15 is 0 Å². The second kappa shape index (κ2) is 5.26. The van der Waals surface area contributed by atoms with Crippen molar-refractivity contribution >= 4 is 15.7 Å². The van der Waals surface area contributed by atoms with Crippen molar-refractivity contribution in [3.8, 4) is 0 Å². The van der Waals surface area contributed by atoms with Crippen molar-refractivity contribution < 1.29 is 17.6 Å². The third kappa shape index (κ3) is 3.51. The number of sulfone groups is 1. The predicted octanol–water partition coefficient (Wildman–Crippen LogP) is 0.301. The number of carbonyl (C=O) groups excluding carboxylic acids is 1. The Morgan fingerprint density at radius 3 is 2.84 bits per heavy atom. The Kier molecular flexibility index (Phi) is 3.86. The molecule has 0 saturated carbocycles. The summed E-state index contributed by atoms with van der Waals surface area (Å²) in [4.78, 5) is 13.2. The molecule has 5 nitrogen and oxygen atoms in total. The van der Waals surface area contributed by atoms with Crippen LogP contribution in [0, 0.1) is 5.82 Å². The van der Waals surface area contributed by atoms with Crippen LogP contribution in [0.25, 0.3) is 0 Å². The molecule has 0 aliphatic carbocycles. The van der Waals surface area contributed by atoms with Crippen LogP contribution in [0.1, 0.15) is 11.7 Å². The predicted molar refractivity (Wildman–Crippen MR) is 68.6 cm³/mol. The summed E-state index contributed by atoms with van der Waals surface area (Å²) in [6.45, 7) is 0.233. The van der Waals surface area contributed by atoms with Crippen LogP contribution in [0.3, 0.4) is 0 Å². The highest BCUT2D eigenvalue weighted by Crippen LogP contribution is 2.22. The lowest BCUT2D eigenvalue weighted by Gasteiger charge is -2.24. The van der Waals surface area contributed by atoms with Gasteiger partial charge in [0.1, 0.15) is 21.8 Å². The minimum absolute atomic E-state index is 0.103. The van der Waals surface area contributed by atoms with E-state index in [0.717, 1.165) is 6.26 Å². The van der Waals surface area contributed by atoms with Crippen molar-refractivity contribution in [2.75, 3.05) is 25.1 Å². The molecule has 1 unspecified atom stereocenters. The molecule has 2 rings (SSSR count). The largest absolute Gasteiger partial charge is 0.321 e. The van der Waals surface area contributed by atoms with Crippen LogP contribution in [0.2, 0.25) is 0 Å². The van der Waals surface area contributed by atoms with Crippen molar-refractivity contribution in [3.63, 3.8) is 0 Å². The molecule has 1 aromatic rings. The maximum atomic E-state index is 13.2. The minimum Gasteiger partial charge on any atom is -0.321 e. The summed E-state index contributed by atoms with van der Waals surface area (Å²) >= 11 is 0. The number of halogens is 1. The average molecular weight is 286 g/mol. The van der Waals surface area contributed by atoms with Crippen LogP contribution < -0.4 is 5.32 Å². The van der Waals surface area contributed by atoms with Gasteiger partial charge in [-0.25, -0.2) is 12.8 Å². The number of amides is 1. The number of benzene rings is 1. The Hall–Kier alpha value is -1.47. The molecular formula is C12H15FN2O3S. The van der Waals surface area contributed by atoms with E-state index in [1.807, 2.05) is 0 Å². The van der Waals surface area contributed by atoms with Gasteiger partial charge in [-0.3, -0.25) is 10.1 Å². The molecule has 0 aromatic heterocycles. The van der Waals surface area contributed by atoms with E-state index in [1.165, 1.54) is 17.0 Å². The fraction of sp³-hybridized carbons (Fsp3) is 0.417. The van der Waals surface area contributed by atoms with E-state index in [4.69, 9.17) is 0 Å². The standard InChI is InChI=1S/C12H15FN2O3S/c1-19(17,18)6-5-15-11(16)8-14-12(15)9-3-2-4-10(13)7-9/h2-4,7,12,14H,5-6,8H2,1H3. The van der Waals surface area contributed by atoms with Gasteiger partial charge in [-0.05, 0) is 17.7 Å². The number of hydrogen-bond donors (Lipinski definition) is 1. The summed E-state index contributed by atoms with van der Waals surface area (Å²) in [6, 6.07) is 5.92. The van der Waals surface area contributed by atoms with Crippen molar-refractivity contribution in [2.24, 2.45) is 0 Å². The fourth-order valence-electron chi connectivity index (χ4n) is 2.03. The van der Waals surface area contributed by atoms with E-state index in [1.54, 1.807) is 12.1 Å². The number of rotatable bonds is 4. The topological polar surface area (TPSA) is 66.5 Å². The third-order valence-corrected chi connectivity index (χ3v) is 3.87. The number of nitrogens with zero attached hydrogens (tertiary/aromatic N) is 1. The normalized spacial score (nSPS) is 20.0. The molecule has 19 heavy (non-hydrogen) atoms. The number of hydrogen-bond acceptors (Lipinski definition) is 4. The van der Waals surface area contributed by atoms with Gasteiger partial charge in [0.2, 0.25) is 5.91 Å². The smallest absolute Gasteiger partial charge is 0.238 e. The van der Waals surface area contributed by atoms with Crippen LogP contribution in [-0.2, 0) is 14.6 Å². The zero-order valence-electron chi connectivity index (χ0n) is 10.5. The number of carbonyl (C=O) groups is 1. The molecule has 104 valence electrons. The molecule has 1 aliphatic rings. The first-order valence-corrected chi connectivity index (χ1v) is 7.89. The molecular weight excluding hydrogens is 271 g/mol. The van der Waals surface area contributed by atoms with Gasteiger partial charge in [0.25, 0.3) is 0 Å². The Morgan fingerprint density at radius 1 is 1.47 bits per heavy atom. The van der Waals surface area contributed by atoms with Gasteiger partial charge in [-0.2, -0.15) is 0 Å². The lowest BCUT2D eigenvalue weighted by molar-refractivity contribution is -0.127. The van der Waals surface area contributed by atoms with Gasteiger partial charge in [0.05, 0.1) is 12.3 Å². The molecule has 1 fully saturated rings. The molecule has 0 radical (unpaired) electrons. The molecule has 0 bridgehead atoms. The fourth-order valence-corrected chi connectivity index (χ4v) is 2.56. The van der Waals surface area contributed by atoms with Crippen LogP contribution in [0.4, 0.5) is 4.39 Å². The second-order valence-corrected chi connectivity index (χ2v) is 6.82. The zero-order chi connectivity index (χ0) is 14.0. The maximum Gasteiger partial charge on any atom is 0.238 e. The SMILES string of the molecule is CS(=O)(=O)CCN1C(=O)CNC1c1cccc(F)c1. The van der Waals surface area contributed by atoms with Gasteiger partial charge in [0, 0.05) is 12.8 Å². The molecule has 1 saturated heterocycles. The Bertz CT molecular complexity index is 588. The Balaban J connectivity index is 2.17. The lowest BCUT2D eigenvalue weighted by Crippen LogP contribution is -2.34. The van der Waals surface area contributed by atoms with Crippen LogP contribution in [0.5, 0.6) is 0 Å². The first kappa shape index (κ1) is 14.0. The number of nitrogens with one attached hydrogen (secondary N) is 1. The monoisotopic (exact) mass is 286 g/mol. The summed E-state index contributed by atoms with van der Waals surface area (Å²) in [7, 11) is -3.14. The quantitative estimate of drug-likeness (QED) is 0.864. The van der Waals surface area contributed by atoms with Crippen LogP contribution in [-0.4, -0.2) is 44.3 Å². The van der Waals surface area contributed by atoms with Crippen LogP contribution >= 0.6 is 0 Å². The molecule has 1 aliphatic heterocycles. The second-order valence-electron chi connectivity index (χ2n) is 4.56. The van der Waals surface area contributed by atoms with Crippen molar-refractivity contribution in [1.82, 2.24) is 10.2 Å². The van der Waals surface area contributed by atoms with E-state index < -0.39 is 16.0 Å². The molecule has 1 aromatic carbocycles. The van der Waals surface area contributed by atoms with Gasteiger partial charge in [-0.15, -0.1) is 0 Å². The molecule has 7 heteroatoms. The highest BCUT2D eigenvalue weighted by Gasteiger charge is 2.31. The van der Waals surface area contributed by atoms with Gasteiger partial charge in [-0.1, -0.05) is 12.1 Å². The molecule has 1 N–H and O–H groups in total. The summed E-state index contributed by atoms with van der Waals surface area (Å²) < 4.78 is 35.5. The first-order chi connectivity index (χ1) is 8.87. The van der Waals surface area contributed by atoms with Crippen LogP contribution in [0.15, 0.2) is 24.3 Å². The molecule has 1 atom stereocenters. The van der Waals surface area contributed by atoms with Crippen molar-refractivity contribution in [1.29, 1.82) is 0 Å². The van der Waals surface area contributed by atoms with Crippen molar-refractivity contribution in [3.05, 3.63) is 35.6 Å². The average Bonchev–Trinajstić information content (AvgIpc) is 2.67. The first-order valence-electron chi connectivity index (χ1n) is 5.83. The van der Waals surface area contributed by atoms with E-state index in [-0.39, 0.29) is 30.6 Å². The van der Waals surface area contributed by atoms with E-state index in [2.05, 4.69) is 5.32 Å². The van der Waals surface area contributed by atoms with Crippen molar-refractivity contribution in [2.45, 2.75) is 6.17 Å². The maximum absolute atomic E-state index is 13.2. The minimum atomic E-state index is -3.14. The summed E-state index contributed by atoms with van der Waals surface area (Å²) in [5.74, 6) is -0.675. The Morgan fingerprint density at radius 2 is 2.21 bits per heavy atom. The lowest BCUT2D eigenvalue weighted by atomic mass is 10.1. The third-order valence-electron chi connectivity index (χ3n) is 2.95. The Labute approximate surface area is 111 Å². The summed E-state index contributed by atoms with van der Waals surface area (Å²) in [5.41, 5.74) is 0.611. The summed E-state index contributed by atoms with van der Waals surface area (Å²) in [6.07, 6.45) is 0.656. The van der Waals surface area contributed by atoms with Gasteiger partial charge in [0.15, 0.2) is 0 Å². The highest BCUT2D eigenvalue weighted by atomic mass is 32.2. The molecule has 1 amide bonds. The van der Waals surface area contributed by atoms with Gasteiger partial charge < -0.3 is 4.90 Å². The summed E-state index contributed by atoms with van der Waals surface area (Å²) in [5, 5.41) is 2.95. The van der Waals surface area contributed by atoms with E-state index in [0.29, 0.717) is 5.56 Å². The highest BCUT2D eigenvalue weighted by molar-refractivity contribution is 7.90. The van der Waals surface area contributed by atoms with E-state index in [9.17, 15) is 17.6 Å². The zero-order valence-corrected chi connectivity index (χ0v) is 11.3. The molecule has 1 heterocycles. The van der Waals surface area contributed by atoms with Gasteiger partial charge >= 0.3 is 0 Å². The molecule has 0 spiro atoms.